The molecule has 0 aliphatic carbocycles. The third kappa shape index (κ3) is 3.06. The summed E-state index contributed by atoms with van der Waals surface area (Å²) in [5, 5.41) is 6.85. The number of hydrogen-bond acceptors (Lipinski definition) is 3. The van der Waals surface area contributed by atoms with Crippen molar-refractivity contribution in [1.82, 2.24) is 20.2 Å². The molecule has 2 aromatic heterocycles. The Balaban J connectivity index is 1.49. The summed E-state index contributed by atoms with van der Waals surface area (Å²) >= 11 is 0. The number of rotatable bonds is 4. The first kappa shape index (κ1) is 16.3. The number of aryl methyl sites for hydroxylation is 1. The van der Waals surface area contributed by atoms with E-state index >= 15 is 0 Å². The maximum absolute atomic E-state index is 12.5. The van der Waals surface area contributed by atoms with Gasteiger partial charge in [0.15, 0.2) is 0 Å². The minimum Gasteiger partial charge on any atom is -0.350 e. The van der Waals surface area contributed by atoms with Gasteiger partial charge in [-0.3, -0.25) is 14.6 Å². The monoisotopic (exact) mass is 348 g/mol. The largest absolute Gasteiger partial charge is 0.350 e. The molecule has 1 aliphatic heterocycles. The van der Waals surface area contributed by atoms with Gasteiger partial charge in [-0.05, 0) is 29.3 Å². The van der Waals surface area contributed by atoms with Gasteiger partial charge in [0.1, 0.15) is 12.1 Å². The van der Waals surface area contributed by atoms with Gasteiger partial charge in [-0.15, -0.1) is 0 Å². The second-order valence-corrected chi connectivity index (χ2v) is 6.67. The van der Waals surface area contributed by atoms with Crippen LogP contribution in [-0.2, 0) is 29.5 Å². The molecule has 1 aliphatic rings. The second-order valence-electron chi connectivity index (χ2n) is 6.67. The topological polar surface area (TPSA) is 76.0 Å². The van der Waals surface area contributed by atoms with Crippen molar-refractivity contribution >= 4 is 22.7 Å². The number of nitrogens with one attached hydrogen (secondary N) is 2. The van der Waals surface area contributed by atoms with Crippen LogP contribution in [0.5, 0.6) is 0 Å². The van der Waals surface area contributed by atoms with Gasteiger partial charge < -0.3 is 15.2 Å². The number of carbonyl (C=O) groups is 2. The van der Waals surface area contributed by atoms with E-state index in [0.29, 0.717) is 12.8 Å². The first-order valence-electron chi connectivity index (χ1n) is 8.64. The van der Waals surface area contributed by atoms with Crippen LogP contribution >= 0.6 is 0 Å². The van der Waals surface area contributed by atoms with Crippen molar-refractivity contribution in [2.24, 2.45) is 7.05 Å². The molecule has 0 radical (unpaired) electrons. The van der Waals surface area contributed by atoms with Crippen molar-refractivity contribution in [3.05, 3.63) is 66.1 Å². The molecule has 0 spiro atoms. The van der Waals surface area contributed by atoms with Crippen LogP contribution in [0, 0.1) is 0 Å². The van der Waals surface area contributed by atoms with Gasteiger partial charge >= 0.3 is 0 Å². The van der Waals surface area contributed by atoms with E-state index in [9.17, 15) is 9.59 Å². The average molecular weight is 348 g/mol. The van der Waals surface area contributed by atoms with Gasteiger partial charge in [0.2, 0.25) is 11.8 Å². The second kappa shape index (κ2) is 6.63. The summed E-state index contributed by atoms with van der Waals surface area (Å²) in [5.74, 6) is -0.289. The molecule has 1 saturated heterocycles. The summed E-state index contributed by atoms with van der Waals surface area (Å²) in [6, 6.07) is 10.7. The molecule has 6 heteroatoms. The molecule has 26 heavy (non-hydrogen) atoms. The van der Waals surface area contributed by atoms with Crippen molar-refractivity contribution < 1.29 is 9.59 Å². The molecule has 2 N–H and O–H groups in total. The van der Waals surface area contributed by atoms with Crippen molar-refractivity contribution in [2.75, 3.05) is 0 Å². The Labute approximate surface area is 151 Å². The summed E-state index contributed by atoms with van der Waals surface area (Å²) in [6.07, 6.45) is 6.32. The van der Waals surface area contributed by atoms with Gasteiger partial charge in [-0.25, -0.2) is 0 Å². The third-order valence-corrected chi connectivity index (χ3v) is 4.86. The minimum atomic E-state index is -0.554. The zero-order chi connectivity index (χ0) is 18.1. The number of amides is 2. The quantitative estimate of drug-likeness (QED) is 0.747. The Morgan fingerprint density at radius 3 is 2.35 bits per heavy atom. The predicted octanol–water partition coefficient (Wildman–Crippen LogP) is 1.34. The molecular formula is C20H20N4O2. The van der Waals surface area contributed by atoms with E-state index in [-0.39, 0.29) is 11.8 Å². The van der Waals surface area contributed by atoms with E-state index in [1.165, 1.54) is 0 Å². The molecule has 6 nitrogen and oxygen atoms in total. The maximum Gasteiger partial charge on any atom is 0.243 e. The number of para-hydroxylation sites is 1. The smallest absolute Gasteiger partial charge is 0.243 e. The molecule has 2 atom stereocenters. The standard InChI is InChI=1S/C20H20N4O2/c1-24-12-14(15-4-2-3-5-18(15)24)11-17-20(26)22-16(19(25)23-17)10-13-6-8-21-9-7-13/h2-9,12,16-17H,10-11H2,1H3,(H,22,26)(H,23,25)/t16-,17-/m1/s1. The predicted molar refractivity (Wildman–Crippen MR) is 98.4 cm³/mol. The van der Waals surface area contributed by atoms with Crippen LogP contribution in [0.2, 0.25) is 0 Å². The zero-order valence-electron chi connectivity index (χ0n) is 14.5. The third-order valence-electron chi connectivity index (χ3n) is 4.86. The number of aromatic nitrogens is 2. The van der Waals surface area contributed by atoms with E-state index < -0.39 is 12.1 Å². The molecule has 4 rings (SSSR count). The molecule has 0 saturated carbocycles. The van der Waals surface area contributed by atoms with E-state index in [0.717, 1.165) is 22.0 Å². The fraction of sp³-hybridized carbons (Fsp3) is 0.250. The number of carbonyl (C=O) groups excluding carboxylic acids is 2. The van der Waals surface area contributed by atoms with Gasteiger partial charge in [0.25, 0.3) is 0 Å². The number of benzene rings is 1. The fourth-order valence-electron chi connectivity index (χ4n) is 3.53. The molecule has 3 heterocycles. The first-order valence-corrected chi connectivity index (χ1v) is 8.64. The van der Waals surface area contributed by atoms with E-state index in [1.54, 1.807) is 12.4 Å². The molecule has 1 fully saturated rings. The van der Waals surface area contributed by atoms with Gasteiger partial charge in [0, 0.05) is 49.4 Å². The molecule has 3 aromatic rings. The lowest BCUT2D eigenvalue weighted by Crippen LogP contribution is -2.62. The van der Waals surface area contributed by atoms with Crippen molar-refractivity contribution in [2.45, 2.75) is 24.9 Å². The molecular weight excluding hydrogens is 328 g/mol. The zero-order valence-corrected chi connectivity index (χ0v) is 14.5. The summed E-state index contributed by atoms with van der Waals surface area (Å²) in [4.78, 5) is 29.0. The van der Waals surface area contributed by atoms with Crippen molar-refractivity contribution in [1.29, 1.82) is 0 Å². The lowest BCUT2D eigenvalue weighted by molar-refractivity contribution is -0.136. The van der Waals surface area contributed by atoms with Gasteiger partial charge in [-0.2, -0.15) is 0 Å². The van der Waals surface area contributed by atoms with Crippen LogP contribution in [0.25, 0.3) is 10.9 Å². The highest BCUT2D eigenvalue weighted by molar-refractivity contribution is 5.97. The number of pyridine rings is 1. The van der Waals surface area contributed by atoms with Crippen LogP contribution in [0.15, 0.2) is 55.0 Å². The van der Waals surface area contributed by atoms with Crippen LogP contribution in [0.4, 0.5) is 0 Å². The number of fused-ring (bicyclic) bond motifs is 1. The molecule has 2 amide bonds. The van der Waals surface area contributed by atoms with E-state index in [4.69, 9.17) is 0 Å². The van der Waals surface area contributed by atoms with Crippen LogP contribution in [0.1, 0.15) is 11.1 Å². The fourth-order valence-corrected chi connectivity index (χ4v) is 3.53. The molecule has 132 valence electrons. The SMILES string of the molecule is Cn1cc(C[C@H]2NC(=O)[C@@H](Cc3ccncc3)NC2=O)c2ccccc21. The van der Waals surface area contributed by atoms with Gasteiger partial charge in [0.05, 0.1) is 0 Å². The average Bonchev–Trinajstić information content (AvgIpc) is 2.96. The molecule has 0 bridgehead atoms. The summed E-state index contributed by atoms with van der Waals surface area (Å²) in [6.45, 7) is 0. The number of hydrogen-bond donors (Lipinski definition) is 2. The van der Waals surface area contributed by atoms with Crippen molar-refractivity contribution in [3.63, 3.8) is 0 Å². The lowest BCUT2D eigenvalue weighted by atomic mass is 9.99. The summed E-state index contributed by atoms with van der Waals surface area (Å²) in [7, 11) is 1.98. The number of nitrogens with zero attached hydrogens (tertiary/aromatic N) is 2. The van der Waals surface area contributed by atoms with Crippen molar-refractivity contribution in [3.8, 4) is 0 Å². The summed E-state index contributed by atoms with van der Waals surface area (Å²) in [5.41, 5.74) is 3.13. The molecule has 0 unspecified atom stereocenters. The molecule has 1 aromatic carbocycles. The highest BCUT2D eigenvalue weighted by Gasteiger charge is 2.34. The Bertz CT molecular complexity index is 964. The summed E-state index contributed by atoms with van der Waals surface area (Å²) < 4.78 is 2.04. The van der Waals surface area contributed by atoms with E-state index in [1.807, 2.05) is 54.2 Å². The lowest BCUT2D eigenvalue weighted by Gasteiger charge is -2.29. The first-order chi connectivity index (χ1) is 12.6. The Kier molecular flexibility index (Phi) is 4.16. The highest BCUT2D eigenvalue weighted by Crippen LogP contribution is 2.22. The van der Waals surface area contributed by atoms with Gasteiger partial charge in [-0.1, -0.05) is 18.2 Å². The van der Waals surface area contributed by atoms with Crippen LogP contribution in [-0.4, -0.2) is 33.4 Å². The Morgan fingerprint density at radius 2 is 1.62 bits per heavy atom. The minimum absolute atomic E-state index is 0.142. The van der Waals surface area contributed by atoms with Crippen LogP contribution < -0.4 is 10.6 Å². The Morgan fingerprint density at radius 1 is 0.962 bits per heavy atom. The van der Waals surface area contributed by atoms with Crippen LogP contribution in [0.3, 0.4) is 0 Å². The maximum atomic E-state index is 12.5. The number of piperazine rings is 1. The highest BCUT2D eigenvalue weighted by atomic mass is 16.2. The normalized spacial score (nSPS) is 20.0. The Hall–Kier alpha value is -3.15. The van der Waals surface area contributed by atoms with E-state index in [2.05, 4.69) is 15.6 Å².